The molecule has 1 N–H and O–H groups in total. The molecule has 1 spiro atoms. The van der Waals surface area contributed by atoms with E-state index in [4.69, 9.17) is 30.5 Å². The van der Waals surface area contributed by atoms with Crippen LogP contribution in [0.5, 0.6) is 5.75 Å². The van der Waals surface area contributed by atoms with Crippen molar-refractivity contribution in [3.8, 4) is 5.75 Å². The van der Waals surface area contributed by atoms with E-state index in [1.165, 1.54) is 38.3 Å². The van der Waals surface area contributed by atoms with Crippen LogP contribution >= 0.6 is 11.6 Å². The van der Waals surface area contributed by atoms with E-state index in [9.17, 15) is 22.8 Å². The summed E-state index contributed by atoms with van der Waals surface area (Å²) >= 11 is 6.40. The van der Waals surface area contributed by atoms with Crippen LogP contribution in [0, 0.1) is 11.8 Å². The van der Waals surface area contributed by atoms with E-state index in [1.807, 2.05) is 12.1 Å². The molecule has 0 unspecified atom stereocenters. The Morgan fingerprint density at radius 3 is 2.56 bits per heavy atom. The summed E-state index contributed by atoms with van der Waals surface area (Å²) in [6, 6.07) is 9.51. The number of aryl methyl sites for hydroxylation is 1. The van der Waals surface area contributed by atoms with Crippen molar-refractivity contribution in [1.29, 1.82) is 0 Å². The molecule has 2 aromatic rings. The number of ether oxygens (including phenoxy) is 4. The van der Waals surface area contributed by atoms with Gasteiger partial charge in [0.05, 0.1) is 30.9 Å². The minimum absolute atomic E-state index is 0.108. The highest BCUT2D eigenvalue weighted by Crippen LogP contribution is 2.46. The maximum Gasteiger partial charge on any atom is 0.410 e. The minimum atomic E-state index is -4.35. The van der Waals surface area contributed by atoms with Gasteiger partial charge >= 0.3 is 12.1 Å². The Kier molecular flexibility index (Phi) is 11.3. The SMILES string of the molecule is COC(=O)COC[C@@H]1CC[C@H]1CN1C[C@@]2(CCCc3cc(Cl)ccc32)COc2ccc(S(=O)(=O)NC(=O)[C@H](C)N(C)C(=O)OC(C)(C)C)cc21. The molecule has 1 aliphatic heterocycles. The molecule has 274 valence electrons. The summed E-state index contributed by atoms with van der Waals surface area (Å²) in [7, 11) is -1.64. The van der Waals surface area contributed by atoms with Gasteiger partial charge in [-0.05, 0) is 113 Å². The summed E-state index contributed by atoms with van der Waals surface area (Å²) in [4.78, 5) is 40.5. The van der Waals surface area contributed by atoms with Crippen LogP contribution in [-0.4, -0.2) is 90.0 Å². The Bertz CT molecular complexity index is 1710. The van der Waals surface area contributed by atoms with Crippen molar-refractivity contribution in [3.05, 3.63) is 52.5 Å². The van der Waals surface area contributed by atoms with Crippen LogP contribution in [0.3, 0.4) is 0 Å². The van der Waals surface area contributed by atoms with E-state index in [0.29, 0.717) is 42.8 Å². The lowest BCUT2D eigenvalue weighted by Crippen LogP contribution is -2.49. The number of esters is 1. The molecule has 1 heterocycles. The first-order chi connectivity index (χ1) is 23.5. The van der Waals surface area contributed by atoms with Crippen LogP contribution in [0.4, 0.5) is 10.5 Å². The third kappa shape index (κ3) is 8.48. The zero-order valence-electron chi connectivity index (χ0n) is 29.6. The smallest absolute Gasteiger partial charge is 0.410 e. The van der Waals surface area contributed by atoms with Gasteiger partial charge < -0.3 is 23.8 Å². The van der Waals surface area contributed by atoms with Gasteiger partial charge in [-0.3, -0.25) is 9.69 Å². The van der Waals surface area contributed by atoms with Crippen molar-refractivity contribution in [3.63, 3.8) is 0 Å². The van der Waals surface area contributed by atoms with Gasteiger partial charge in [0, 0.05) is 30.6 Å². The molecule has 0 aromatic heterocycles. The van der Waals surface area contributed by atoms with Crippen molar-refractivity contribution < 1.29 is 41.7 Å². The fourth-order valence-corrected chi connectivity index (χ4v) is 8.20. The number of methoxy groups -OCH3 is 1. The maximum absolute atomic E-state index is 13.7. The van der Waals surface area contributed by atoms with Crippen molar-refractivity contribution in [1.82, 2.24) is 9.62 Å². The van der Waals surface area contributed by atoms with Gasteiger partial charge in [-0.15, -0.1) is 0 Å². The number of nitrogens with one attached hydrogen (secondary N) is 1. The molecule has 0 radical (unpaired) electrons. The van der Waals surface area contributed by atoms with Crippen LogP contribution < -0.4 is 14.4 Å². The molecule has 1 saturated carbocycles. The number of anilines is 1. The third-order valence-corrected chi connectivity index (χ3v) is 11.6. The predicted molar refractivity (Wildman–Crippen MR) is 188 cm³/mol. The number of benzene rings is 2. The number of fused-ring (bicyclic) bond motifs is 3. The molecule has 0 bridgehead atoms. The number of hydrogen-bond donors (Lipinski definition) is 1. The van der Waals surface area contributed by atoms with Crippen molar-refractivity contribution in [2.75, 3.05) is 52.0 Å². The molecule has 2 aliphatic carbocycles. The summed E-state index contributed by atoms with van der Waals surface area (Å²) in [5, 5.41) is 0.684. The molecule has 50 heavy (non-hydrogen) atoms. The van der Waals surface area contributed by atoms with E-state index >= 15 is 0 Å². The van der Waals surface area contributed by atoms with Crippen molar-refractivity contribution in [2.45, 2.75) is 81.8 Å². The number of rotatable bonds is 10. The van der Waals surface area contributed by atoms with Crippen molar-refractivity contribution in [2.24, 2.45) is 11.8 Å². The second kappa shape index (κ2) is 15.0. The van der Waals surface area contributed by atoms with Crippen molar-refractivity contribution >= 4 is 45.3 Å². The largest absolute Gasteiger partial charge is 0.490 e. The van der Waals surface area contributed by atoms with Gasteiger partial charge in [-0.25, -0.2) is 22.7 Å². The predicted octanol–water partition coefficient (Wildman–Crippen LogP) is 5.09. The Morgan fingerprint density at radius 2 is 1.88 bits per heavy atom. The monoisotopic (exact) mass is 733 g/mol. The summed E-state index contributed by atoms with van der Waals surface area (Å²) in [6.45, 7) is 8.44. The molecule has 4 atom stereocenters. The van der Waals surface area contributed by atoms with Gasteiger partial charge in [0.15, 0.2) is 0 Å². The zero-order valence-corrected chi connectivity index (χ0v) is 31.2. The lowest BCUT2D eigenvalue weighted by atomic mass is 9.69. The van der Waals surface area contributed by atoms with Crippen LogP contribution in [0.1, 0.15) is 64.5 Å². The Labute approximate surface area is 299 Å². The molecule has 0 saturated heterocycles. The molecular formula is C36H48ClN3O9S. The number of halogens is 1. The molecule has 5 rings (SSSR count). The lowest BCUT2D eigenvalue weighted by molar-refractivity contribution is -0.147. The van der Waals surface area contributed by atoms with E-state index in [1.54, 1.807) is 32.9 Å². The fraction of sp³-hybridized carbons (Fsp3) is 0.583. The zero-order chi connectivity index (χ0) is 36.4. The van der Waals surface area contributed by atoms with Gasteiger partial charge in [0.1, 0.15) is 24.0 Å². The molecular weight excluding hydrogens is 686 g/mol. The quantitative estimate of drug-likeness (QED) is 0.329. The molecule has 2 aromatic carbocycles. The highest BCUT2D eigenvalue weighted by atomic mass is 35.5. The first kappa shape index (κ1) is 37.7. The fourth-order valence-electron chi connectivity index (χ4n) is 6.94. The van der Waals surface area contributed by atoms with Crippen LogP contribution in [-0.2, 0) is 45.7 Å². The molecule has 2 amide bonds. The second-order valence-corrected chi connectivity index (χ2v) is 16.8. The van der Waals surface area contributed by atoms with E-state index in [-0.39, 0.29) is 28.8 Å². The van der Waals surface area contributed by atoms with Gasteiger partial charge in [0.2, 0.25) is 0 Å². The van der Waals surface area contributed by atoms with Gasteiger partial charge in [-0.2, -0.15) is 0 Å². The standard InChI is InChI=1S/C36H48ClN3O9S/c1-23(39(5)34(43)49-35(2,3)4)33(42)38-50(44,45)28-12-14-31-30(17-28)40(18-25-9-10-26(25)19-47-20-32(41)46-6)21-36(22-48-31)15-7-8-24-16-27(37)11-13-29(24)36/h11-14,16-17,23,25-26H,7-10,15,18-22H2,1-6H3,(H,38,42)/t23-,25-,26-,36-/m0/s1. The lowest BCUT2D eigenvalue weighted by Gasteiger charge is -2.44. The first-order valence-corrected chi connectivity index (χ1v) is 18.9. The van der Waals surface area contributed by atoms with Crippen LogP contribution in [0.25, 0.3) is 0 Å². The van der Waals surface area contributed by atoms with Gasteiger partial charge in [-0.1, -0.05) is 17.7 Å². The Balaban J connectivity index is 1.42. The van der Waals surface area contributed by atoms with E-state index in [0.717, 1.165) is 37.0 Å². The Hall–Kier alpha value is -3.55. The normalized spacial score (nSPS) is 22.2. The average molecular weight is 734 g/mol. The number of carbonyl (C=O) groups excluding carboxylic acids is 3. The number of likely N-dealkylation sites (N-methyl/N-ethyl adjacent to an activating group) is 1. The van der Waals surface area contributed by atoms with E-state index < -0.39 is 39.6 Å². The topological polar surface area (TPSA) is 141 Å². The summed E-state index contributed by atoms with van der Waals surface area (Å²) < 4.78 is 51.7. The summed E-state index contributed by atoms with van der Waals surface area (Å²) in [5.74, 6) is -0.307. The van der Waals surface area contributed by atoms with Crippen LogP contribution in [0.2, 0.25) is 5.02 Å². The summed E-state index contributed by atoms with van der Waals surface area (Å²) in [5.41, 5.74) is 1.82. The number of amides is 2. The second-order valence-electron chi connectivity index (χ2n) is 14.7. The highest BCUT2D eigenvalue weighted by Gasteiger charge is 2.44. The third-order valence-electron chi connectivity index (χ3n) is 10.0. The maximum atomic E-state index is 13.7. The number of nitrogens with zero attached hydrogens (tertiary/aromatic N) is 2. The molecule has 1 fully saturated rings. The van der Waals surface area contributed by atoms with Crippen LogP contribution in [0.15, 0.2) is 41.3 Å². The van der Waals surface area contributed by atoms with E-state index in [2.05, 4.69) is 15.7 Å². The molecule has 12 nitrogen and oxygen atoms in total. The number of hydrogen-bond acceptors (Lipinski definition) is 10. The molecule has 14 heteroatoms. The number of carbonyl (C=O) groups is 3. The Morgan fingerprint density at radius 1 is 1.14 bits per heavy atom. The minimum Gasteiger partial charge on any atom is -0.490 e. The highest BCUT2D eigenvalue weighted by molar-refractivity contribution is 7.90. The summed E-state index contributed by atoms with van der Waals surface area (Å²) in [6.07, 6.45) is 3.90. The molecule has 3 aliphatic rings. The average Bonchev–Trinajstić information content (AvgIpc) is 3.19. The number of sulfonamides is 1. The first-order valence-electron chi connectivity index (χ1n) is 17.0. The van der Waals surface area contributed by atoms with Gasteiger partial charge in [0.25, 0.3) is 15.9 Å².